The van der Waals surface area contributed by atoms with Crippen LogP contribution in [0.3, 0.4) is 0 Å². The van der Waals surface area contributed by atoms with Crippen LogP contribution in [0.5, 0.6) is 0 Å². The van der Waals surface area contributed by atoms with Crippen molar-refractivity contribution < 1.29 is 0 Å². The molecule has 0 heterocycles. The molecule has 0 aromatic heterocycles. The average molecular weight is 180 g/mol. The molecular formula is C11H20N2. The van der Waals surface area contributed by atoms with Crippen LogP contribution in [0.2, 0.25) is 0 Å². The average Bonchev–Trinajstić information content (AvgIpc) is 2.08. The van der Waals surface area contributed by atoms with Crippen molar-refractivity contribution in [1.29, 1.82) is 5.41 Å². The zero-order valence-corrected chi connectivity index (χ0v) is 8.96. The van der Waals surface area contributed by atoms with Gasteiger partial charge >= 0.3 is 0 Å². The van der Waals surface area contributed by atoms with Crippen LogP contribution in [-0.4, -0.2) is 5.84 Å². The van der Waals surface area contributed by atoms with Gasteiger partial charge in [-0.1, -0.05) is 49.7 Å². The van der Waals surface area contributed by atoms with Crippen LogP contribution >= 0.6 is 0 Å². The molecule has 0 amide bonds. The smallest absolute Gasteiger partial charge is 0.0873 e. The molecule has 0 saturated heterocycles. The van der Waals surface area contributed by atoms with Gasteiger partial charge < -0.3 is 5.73 Å². The van der Waals surface area contributed by atoms with Gasteiger partial charge in [0.25, 0.3) is 0 Å². The summed E-state index contributed by atoms with van der Waals surface area (Å²) in [5.74, 6) is 0.167. The molecule has 0 radical (unpaired) electrons. The highest BCUT2D eigenvalue weighted by Crippen LogP contribution is 1.92. The zero-order chi connectivity index (χ0) is 10.7. The molecule has 13 heavy (non-hydrogen) atoms. The van der Waals surface area contributed by atoms with Gasteiger partial charge in [-0.2, -0.15) is 0 Å². The number of amidine groups is 1. The van der Waals surface area contributed by atoms with Crippen LogP contribution in [0, 0.1) is 12.3 Å². The van der Waals surface area contributed by atoms with Crippen molar-refractivity contribution in [2.24, 2.45) is 5.73 Å². The predicted molar refractivity (Wildman–Crippen MR) is 60.1 cm³/mol. The topological polar surface area (TPSA) is 49.9 Å². The zero-order valence-electron chi connectivity index (χ0n) is 8.96. The third kappa shape index (κ3) is 18.0. The molecule has 0 saturated carbocycles. The van der Waals surface area contributed by atoms with Gasteiger partial charge in [-0.05, 0) is 13.8 Å². The van der Waals surface area contributed by atoms with Crippen molar-refractivity contribution in [3.05, 3.63) is 35.9 Å². The summed E-state index contributed by atoms with van der Waals surface area (Å²) in [7, 11) is 0. The number of rotatable bonds is 0. The van der Waals surface area contributed by atoms with Gasteiger partial charge in [0.1, 0.15) is 0 Å². The molecule has 2 nitrogen and oxygen atoms in total. The van der Waals surface area contributed by atoms with Crippen molar-refractivity contribution in [1.82, 2.24) is 0 Å². The third-order valence-electron chi connectivity index (χ3n) is 0.940. The monoisotopic (exact) mass is 180 g/mol. The lowest BCUT2D eigenvalue weighted by Gasteiger charge is -1.82. The highest BCUT2D eigenvalue weighted by Gasteiger charge is 1.72. The highest BCUT2D eigenvalue weighted by molar-refractivity contribution is 5.73. The van der Waals surface area contributed by atoms with Gasteiger partial charge in [0.05, 0.1) is 5.84 Å². The predicted octanol–water partition coefficient (Wildman–Crippen LogP) is 2.96. The van der Waals surface area contributed by atoms with Crippen LogP contribution in [-0.2, 0) is 0 Å². The first-order valence-electron chi connectivity index (χ1n) is 4.45. The molecule has 0 unspecified atom stereocenters. The van der Waals surface area contributed by atoms with E-state index in [0.29, 0.717) is 0 Å². The maximum atomic E-state index is 6.28. The number of hydrogen-bond acceptors (Lipinski definition) is 1. The Hall–Kier alpha value is -1.31. The van der Waals surface area contributed by atoms with E-state index in [2.05, 4.69) is 19.1 Å². The summed E-state index contributed by atoms with van der Waals surface area (Å²) < 4.78 is 0. The maximum Gasteiger partial charge on any atom is 0.0873 e. The van der Waals surface area contributed by atoms with Crippen molar-refractivity contribution >= 4 is 5.84 Å². The van der Waals surface area contributed by atoms with Crippen LogP contribution in [0.1, 0.15) is 26.3 Å². The van der Waals surface area contributed by atoms with Gasteiger partial charge in [0.15, 0.2) is 0 Å². The summed E-state index contributed by atoms with van der Waals surface area (Å²) in [5, 5.41) is 6.28. The lowest BCUT2D eigenvalue weighted by molar-refractivity contribution is 1.42. The number of hydrogen-bond donors (Lipinski definition) is 2. The van der Waals surface area contributed by atoms with E-state index in [9.17, 15) is 0 Å². The summed E-state index contributed by atoms with van der Waals surface area (Å²) in [6.07, 6.45) is 0. The highest BCUT2D eigenvalue weighted by atomic mass is 14.7. The van der Waals surface area contributed by atoms with Crippen LogP contribution in [0.15, 0.2) is 30.3 Å². The van der Waals surface area contributed by atoms with E-state index < -0.39 is 0 Å². The van der Waals surface area contributed by atoms with E-state index in [4.69, 9.17) is 11.1 Å². The number of nitrogens with two attached hydrogens (primary N) is 1. The van der Waals surface area contributed by atoms with E-state index in [1.165, 1.54) is 12.5 Å². The van der Waals surface area contributed by atoms with Crippen LogP contribution in [0.25, 0.3) is 0 Å². The first-order valence-corrected chi connectivity index (χ1v) is 4.45. The minimum atomic E-state index is 0.167. The number of nitrogens with one attached hydrogen (secondary N) is 1. The first-order chi connectivity index (χ1) is 6.13. The summed E-state index contributed by atoms with van der Waals surface area (Å²) in [6.45, 7) is 7.61. The summed E-state index contributed by atoms with van der Waals surface area (Å²) in [5.41, 5.74) is 6.02. The van der Waals surface area contributed by atoms with Crippen molar-refractivity contribution in [3.8, 4) is 0 Å². The molecule has 1 rings (SSSR count). The SMILES string of the molecule is CC.CC(=N)N.Cc1ccccc1. The Kier molecular flexibility index (Phi) is 11.7. The van der Waals surface area contributed by atoms with Crippen LogP contribution < -0.4 is 5.73 Å². The van der Waals surface area contributed by atoms with Crippen LogP contribution in [0.4, 0.5) is 0 Å². The Bertz CT molecular complexity index is 201. The minimum Gasteiger partial charge on any atom is -0.388 e. The van der Waals surface area contributed by atoms with Gasteiger partial charge in [0.2, 0.25) is 0 Å². The molecule has 0 aliphatic rings. The molecule has 0 fully saturated rings. The second kappa shape index (κ2) is 10.7. The molecule has 74 valence electrons. The fourth-order valence-corrected chi connectivity index (χ4v) is 0.534. The third-order valence-corrected chi connectivity index (χ3v) is 0.940. The standard InChI is InChI=1S/C7H8.C2H6N2.C2H6/c1-7-5-3-2-4-6-7;1-2(3)4;1-2/h2-6H,1H3;1H3,(H3,3,4);1-2H3. The van der Waals surface area contributed by atoms with E-state index in [0.717, 1.165) is 0 Å². The summed E-state index contributed by atoms with van der Waals surface area (Å²) in [6, 6.07) is 10.3. The van der Waals surface area contributed by atoms with Gasteiger partial charge in [-0.15, -0.1) is 0 Å². The van der Waals surface area contributed by atoms with Gasteiger partial charge in [0, 0.05) is 0 Å². The van der Waals surface area contributed by atoms with E-state index in [1.54, 1.807) is 0 Å². The Morgan fingerprint density at radius 1 is 1.15 bits per heavy atom. The second-order valence-corrected chi connectivity index (χ2v) is 2.34. The second-order valence-electron chi connectivity index (χ2n) is 2.34. The normalized spacial score (nSPS) is 7.08. The van der Waals surface area contributed by atoms with Crippen molar-refractivity contribution in [2.75, 3.05) is 0 Å². The van der Waals surface area contributed by atoms with E-state index in [1.807, 2.05) is 32.0 Å². The fourth-order valence-electron chi connectivity index (χ4n) is 0.534. The lowest BCUT2D eigenvalue weighted by atomic mass is 10.2. The first kappa shape index (κ1) is 14.2. The van der Waals surface area contributed by atoms with E-state index >= 15 is 0 Å². The summed E-state index contributed by atoms with van der Waals surface area (Å²) in [4.78, 5) is 0. The fraction of sp³-hybridized carbons (Fsp3) is 0.364. The molecular weight excluding hydrogens is 160 g/mol. The molecule has 1 aromatic rings. The molecule has 3 N–H and O–H groups in total. The summed E-state index contributed by atoms with van der Waals surface area (Å²) >= 11 is 0. The van der Waals surface area contributed by atoms with Gasteiger partial charge in [-0.3, -0.25) is 5.41 Å². The largest absolute Gasteiger partial charge is 0.388 e. The molecule has 0 aliphatic carbocycles. The lowest BCUT2D eigenvalue weighted by Crippen LogP contribution is -2.00. The molecule has 0 aliphatic heterocycles. The molecule has 2 heteroatoms. The number of aryl methyl sites for hydroxylation is 1. The molecule has 0 atom stereocenters. The Balaban J connectivity index is 0. The molecule has 0 bridgehead atoms. The van der Waals surface area contributed by atoms with Crippen molar-refractivity contribution in [3.63, 3.8) is 0 Å². The Morgan fingerprint density at radius 2 is 1.46 bits per heavy atom. The number of benzene rings is 1. The Labute approximate surface area is 81.3 Å². The minimum absolute atomic E-state index is 0.167. The van der Waals surface area contributed by atoms with Crippen molar-refractivity contribution in [2.45, 2.75) is 27.7 Å². The van der Waals surface area contributed by atoms with Gasteiger partial charge in [-0.25, -0.2) is 0 Å². The molecule has 0 spiro atoms. The van der Waals surface area contributed by atoms with E-state index in [-0.39, 0.29) is 5.84 Å². The maximum absolute atomic E-state index is 6.28. The Morgan fingerprint density at radius 3 is 1.62 bits per heavy atom. The quantitative estimate of drug-likeness (QED) is 0.468. The molecule has 1 aromatic carbocycles.